The molecule has 0 spiro atoms. The Hall–Kier alpha value is -2.17. The van der Waals surface area contributed by atoms with Crippen molar-refractivity contribution in [1.29, 1.82) is 0 Å². The van der Waals surface area contributed by atoms with Crippen molar-refractivity contribution in [2.45, 2.75) is 32.7 Å². The van der Waals surface area contributed by atoms with Gasteiger partial charge in [0.2, 0.25) is 0 Å². The molecule has 1 aromatic carbocycles. The van der Waals surface area contributed by atoms with Crippen molar-refractivity contribution in [1.82, 2.24) is 14.8 Å². The van der Waals surface area contributed by atoms with Gasteiger partial charge in [0.05, 0.1) is 6.61 Å². The van der Waals surface area contributed by atoms with Crippen LogP contribution in [0, 0.1) is 0 Å². The van der Waals surface area contributed by atoms with Crippen LogP contribution in [0.1, 0.15) is 31.2 Å². The Balaban J connectivity index is 2.27. The van der Waals surface area contributed by atoms with Crippen LogP contribution in [0.5, 0.6) is 0 Å². The lowest BCUT2D eigenvalue weighted by Gasteiger charge is -2.15. The second kappa shape index (κ2) is 6.84. The number of nitrogens with zero attached hydrogens (tertiary/aromatic N) is 3. The van der Waals surface area contributed by atoms with Crippen LogP contribution < -0.4 is 0 Å². The third kappa shape index (κ3) is 3.23. The standard InChI is InChI=1S/C15H19N3O2/c1-3-18-14(16-11-17-18)13(15(19)20-4-2)10-12-8-6-5-7-9-12/h5-9,11,13H,3-4,10H2,1-2H3. The monoisotopic (exact) mass is 273 g/mol. The Kier molecular flexibility index (Phi) is 4.87. The van der Waals surface area contributed by atoms with E-state index in [9.17, 15) is 4.79 Å². The van der Waals surface area contributed by atoms with Crippen LogP contribution in [0.2, 0.25) is 0 Å². The summed E-state index contributed by atoms with van der Waals surface area (Å²) in [5.74, 6) is -0.00587. The summed E-state index contributed by atoms with van der Waals surface area (Å²) in [6.07, 6.45) is 2.05. The van der Waals surface area contributed by atoms with Crippen LogP contribution in [0.15, 0.2) is 36.7 Å². The van der Waals surface area contributed by atoms with Crippen LogP contribution >= 0.6 is 0 Å². The molecule has 2 aromatic rings. The fourth-order valence-electron chi connectivity index (χ4n) is 2.16. The molecule has 0 aliphatic rings. The lowest BCUT2D eigenvalue weighted by molar-refractivity contribution is -0.145. The van der Waals surface area contributed by atoms with Gasteiger partial charge in [0.1, 0.15) is 18.1 Å². The quantitative estimate of drug-likeness (QED) is 0.757. The topological polar surface area (TPSA) is 57.0 Å². The summed E-state index contributed by atoms with van der Waals surface area (Å²) < 4.78 is 6.92. The SMILES string of the molecule is CCOC(=O)C(Cc1ccccc1)c1ncnn1CC. The van der Waals surface area contributed by atoms with E-state index < -0.39 is 5.92 Å². The second-order valence-electron chi connectivity index (χ2n) is 4.43. The van der Waals surface area contributed by atoms with Crippen molar-refractivity contribution in [3.8, 4) is 0 Å². The van der Waals surface area contributed by atoms with Gasteiger partial charge in [-0.05, 0) is 25.8 Å². The summed E-state index contributed by atoms with van der Waals surface area (Å²) in [5.41, 5.74) is 1.08. The van der Waals surface area contributed by atoms with Crippen LogP contribution in [0.4, 0.5) is 0 Å². The number of aryl methyl sites for hydroxylation is 1. The molecule has 0 aliphatic heterocycles. The largest absolute Gasteiger partial charge is 0.465 e. The zero-order chi connectivity index (χ0) is 14.4. The summed E-state index contributed by atoms with van der Waals surface area (Å²) in [6, 6.07) is 9.87. The molecule has 0 N–H and O–H groups in total. The average molecular weight is 273 g/mol. The summed E-state index contributed by atoms with van der Waals surface area (Å²) in [4.78, 5) is 16.4. The maximum Gasteiger partial charge on any atom is 0.317 e. The number of aromatic nitrogens is 3. The van der Waals surface area contributed by atoms with Gasteiger partial charge in [-0.25, -0.2) is 9.67 Å². The lowest BCUT2D eigenvalue weighted by Crippen LogP contribution is -2.22. The van der Waals surface area contributed by atoms with E-state index in [1.807, 2.05) is 44.2 Å². The Morgan fingerprint density at radius 3 is 2.70 bits per heavy atom. The molecule has 5 nitrogen and oxygen atoms in total. The number of hydrogen-bond acceptors (Lipinski definition) is 4. The van der Waals surface area contributed by atoms with Gasteiger partial charge in [-0.3, -0.25) is 4.79 Å². The molecule has 2 rings (SSSR count). The van der Waals surface area contributed by atoms with E-state index in [1.54, 1.807) is 4.68 Å². The van der Waals surface area contributed by atoms with Crippen molar-refractivity contribution in [3.05, 3.63) is 48.0 Å². The van der Waals surface area contributed by atoms with Crippen molar-refractivity contribution >= 4 is 5.97 Å². The molecule has 1 heterocycles. The zero-order valence-electron chi connectivity index (χ0n) is 11.8. The van der Waals surface area contributed by atoms with E-state index in [0.29, 0.717) is 25.4 Å². The molecule has 1 unspecified atom stereocenters. The number of benzene rings is 1. The van der Waals surface area contributed by atoms with Gasteiger partial charge in [0.15, 0.2) is 0 Å². The third-order valence-corrected chi connectivity index (χ3v) is 3.11. The highest BCUT2D eigenvalue weighted by Gasteiger charge is 2.27. The summed E-state index contributed by atoms with van der Waals surface area (Å²) in [6.45, 7) is 4.83. The van der Waals surface area contributed by atoms with E-state index >= 15 is 0 Å². The minimum atomic E-state index is -0.417. The van der Waals surface area contributed by atoms with Crippen molar-refractivity contribution in [2.24, 2.45) is 0 Å². The van der Waals surface area contributed by atoms with Gasteiger partial charge >= 0.3 is 5.97 Å². The average Bonchev–Trinajstić information content (AvgIpc) is 2.94. The molecule has 1 aromatic heterocycles. The zero-order valence-corrected chi connectivity index (χ0v) is 11.8. The molecule has 0 fully saturated rings. The second-order valence-corrected chi connectivity index (χ2v) is 4.43. The number of carbonyl (C=O) groups excluding carboxylic acids is 1. The molecule has 0 aliphatic carbocycles. The highest BCUT2D eigenvalue weighted by atomic mass is 16.5. The highest BCUT2D eigenvalue weighted by molar-refractivity contribution is 5.77. The Labute approximate surface area is 118 Å². The molecule has 0 bridgehead atoms. The number of ether oxygens (including phenoxy) is 1. The maximum absolute atomic E-state index is 12.2. The first kappa shape index (κ1) is 14.2. The molecule has 106 valence electrons. The van der Waals surface area contributed by atoms with Crippen LogP contribution in [-0.4, -0.2) is 27.3 Å². The molecule has 1 atom stereocenters. The van der Waals surface area contributed by atoms with Crippen molar-refractivity contribution in [3.63, 3.8) is 0 Å². The fourth-order valence-corrected chi connectivity index (χ4v) is 2.16. The van der Waals surface area contributed by atoms with Crippen LogP contribution in [0.25, 0.3) is 0 Å². The number of rotatable bonds is 6. The molecule has 5 heteroatoms. The first-order valence-electron chi connectivity index (χ1n) is 6.84. The Morgan fingerprint density at radius 1 is 1.30 bits per heavy atom. The Morgan fingerprint density at radius 2 is 2.05 bits per heavy atom. The molecule has 0 saturated carbocycles. The van der Waals surface area contributed by atoms with E-state index in [0.717, 1.165) is 5.56 Å². The first-order valence-corrected chi connectivity index (χ1v) is 6.84. The molecular formula is C15H19N3O2. The van der Waals surface area contributed by atoms with E-state index in [1.165, 1.54) is 6.33 Å². The maximum atomic E-state index is 12.2. The van der Waals surface area contributed by atoms with E-state index in [-0.39, 0.29) is 5.97 Å². The number of esters is 1. The van der Waals surface area contributed by atoms with Gasteiger partial charge in [0.25, 0.3) is 0 Å². The first-order chi connectivity index (χ1) is 9.76. The highest BCUT2D eigenvalue weighted by Crippen LogP contribution is 2.20. The van der Waals surface area contributed by atoms with Crippen LogP contribution in [-0.2, 0) is 22.5 Å². The van der Waals surface area contributed by atoms with Gasteiger partial charge in [-0.1, -0.05) is 30.3 Å². The van der Waals surface area contributed by atoms with E-state index in [4.69, 9.17) is 4.74 Å². The summed E-state index contributed by atoms with van der Waals surface area (Å²) in [5, 5.41) is 4.14. The molecule has 20 heavy (non-hydrogen) atoms. The van der Waals surface area contributed by atoms with Gasteiger partial charge < -0.3 is 4.74 Å². The van der Waals surface area contributed by atoms with Crippen molar-refractivity contribution < 1.29 is 9.53 Å². The predicted molar refractivity (Wildman–Crippen MR) is 75.2 cm³/mol. The summed E-state index contributed by atoms with van der Waals surface area (Å²) >= 11 is 0. The van der Waals surface area contributed by atoms with E-state index in [2.05, 4.69) is 10.1 Å². The van der Waals surface area contributed by atoms with Crippen LogP contribution in [0.3, 0.4) is 0 Å². The predicted octanol–water partition coefficient (Wildman–Crippen LogP) is 2.19. The minimum Gasteiger partial charge on any atom is -0.465 e. The van der Waals surface area contributed by atoms with Gasteiger partial charge in [-0.2, -0.15) is 5.10 Å². The summed E-state index contributed by atoms with van der Waals surface area (Å²) in [7, 11) is 0. The molecular weight excluding hydrogens is 254 g/mol. The third-order valence-electron chi connectivity index (χ3n) is 3.11. The number of hydrogen-bond donors (Lipinski definition) is 0. The molecule has 0 saturated heterocycles. The Bertz CT molecular complexity index is 551. The number of carbonyl (C=O) groups is 1. The normalized spacial score (nSPS) is 12.1. The molecule has 0 amide bonds. The van der Waals surface area contributed by atoms with Crippen molar-refractivity contribution in [2.75, 3.05) is 6.61 Å². The van der Waals surface area contributed by atoms with Gasteiger partial charge in [-0.15, -0.1) is 0 Å². The smallest absolute Gasteiger partial charge is 0.317 e. The molecule has 0 radical (unpaired) electrons. The lowest BCUT2D eigenvalue weighted by atomic mass is 9.98. The fraction of sp³-hybridized carbons (Fsp3) is 0.400. The minimum absolute atomic E-state index is 0.251. The van der Waals surface area contributed by atoms with Gasteiger partial charge in [0, 0.05) is 6.54 Å².